The van der Waals surface area contributed by atoms with E-state index in [9.17, 15) is 8.78 Å². The maximum Gasteiger partial charge on any atom is 0.387 e. The topological polar surface area (TPSA) is 21.3 Å². The van der Waals surface area contributed by atoms with Crippen LogP contribution >= 0.6 is 11.8 Å². The predicted molar refractivity (Wildman–Crippen MR) is 84.2 cm³/mol. The van der Waals surface area contributed by atoms with Crippen LogP contribution in [-0.2, 0) is 0 Å². The van der Waals surface area contributed by atoms with E-state index >= 15 is 0 Å². The lowest BCUT2D eigenvalue weighted by Gasteiger charge is -2.31. The van der Waals surface area contributed by atoms with E-state index in [1.54, 1.807) is 12.1 Å². The second-order valence-electron chi connectivity index (χ2n) is 5.56. The predicted octanol–water partition coefficient (Wildman–Crippen LogP) is 4.61. The van der Waals surface area contributed by atoms with Gasteiger partial charge in [0.15, 0.2) is 0 Å². The van der Waals surface area contributed by atoms with Crippen LogP contribution in [0.3, 0.4) is 0 Å². The Morgan fingerprint density at radius 1 is 1.24 bits per heavy atom. The van der Waals surface area contributed by atoms with Gasteiger partial charge in [-0.1, -0.05) is 18.6 Å². The van der Waals surface area contributed by atoms with Gasteiger partial charge in [0.2, 0.25) is 0 Å². The van der Waals surface area contributed by atoms with E-state index in [1.165, 1.54) is 25.7 Å². The number of halogens is 2. The number of alkyl halides is 2. The van der Waals surface area contributed by atoms with Gasteiger partial charge in [0, 0.05) is 17.3 Å². The van der Waals surface area contributed by atoms with E-state index in [1.807, 2.05) is 23.9 Å². The van der Waals surface area contributed by atoms with Crippen molar-refractivity contribution in [3.05, 3.63) is 29.8 Å². The summed E-state index contributed by atoms with van der Waals surface area (Å²) >= 11 is 1.95. The second-order valence-corrected chi connectivity index (χ2v) is 6.70. The molecule has 1 aliphatic rings. The highest BCUT2D eigenvalue weighted by Gasteiger charge is 2.22. The number of ether oxygens (including phenoxy) is 1. The first-order valence-corrected chi connectivity index (χ1v) is 8.71. The summed E-state index contributed by atoms with van der Waals surface area (Å²) in [5, 5.41) is 4.41. The minimum atomic E-state index is -2.77. The van der Waals surface area contributed by atoms with Crippen molar-refractivity contribution in [3.63, 3.8) is 0 Å². The largest absolute Gasteiger partial charge is 0.435 e. The van der Waals surface area contributed by atoms with Crippen LogP contribution in [0.1, 0.15) is 44.2 Å². The third kappa shape index (κ3) is 5.15. The molecule has 5 heteroatoms. The second kappa shape index (κ2) is 7.99. The maximum atomic E-state index is 12.1. The van der Waals surface area contributed by atoms with Crippen molar-refractivity contribution < 1.29 is 13.5 Å². The Hall–Kier alpha value is -0.810. The van der Waals surface area contributed by atoms with E-state index < -0.39 is 6.61 Å². The van der Waals surface area contributed by atoms with Gasteiger partial charge in [-0.2, -0.15) is 20.5 Å². The molecule has 0 aliphatic heterocycles. The van der Waals surface area contributed by atoms with Crippen LogP contribution in [0.15, 0.2) is 24.3 Å². The van der Waals surface area contributed by atoms with Crippen LogP contribution in [0.2, 0.25) is 0 Å². The lowest BCUT2D eigenvalue weighted by molar-refractivity contribution is -0.0498. The van der Waals surface area contributed by atoms with Crippen molar-refractivity contribution in [2.45, 2.75) is 56.6 Å². The first kappa shape index (κ1) is 16.6. The van der Waals surface area contributed by atoms with Crippen LogP contribution in [0.4, 0.5) is 8.78 Å². The molecular weight excluding hydrogens is 292 g/mol. The molecule has 118 valence electrons. The number of thioether (sulfide) groups is 1. The zero-order valence-electron chi connectivity index (χ0n) is 12.5. The Balaban J connectivity index is 1.89. The van der Waals surface area contributed by atoms with Gasteiger partial charge in [-0.05, 0) is 50.1 Å². The van der Waals surface area contributed by atoms with E-state index in [-0.39, 0.29) is 11.8 Å². The molecule has 3 atom stereocenters. The fourth-order valence-corrected chi connectivity index (χ4v) is 3.73. The number of benzene rings is 1. The summed E-state index contributed by atoms with van der Waals surface area (Å²) in [7, 11) is 0. The van der Waals surface area contributed by atoms with Crippen molar-refractivity contribution in [1.29, 1.82) is 0 Å². The Bertz CT molecular complexity index is 427. The first-order chi connectivity index (χ1) is 10.1. The molecule has 0 saturated heterocycles. The average Bonchev–Trinajstić information content (AvgIpc) is 2.47. The van der Waals surface area contributed by atoms with Gasteiger partial charge in [-0.3, -0.25) is 0 Å². The van der Waals surface area contributed by atoms with Gasteiger partial charge in [0.25, 0.3) is 0 Å². The molecule has 1 fully saturated rings. The molecule has 2 rings (SSSR count). The van der Waals surface area contributed by atoms with Crippen molar-refractivity contribution in [2.75, 3.05) is 6.26 Å². The Labute approximate surface area is 129 Å². The Kier molecular flexibility index (Phi) is 6.30. The van der Waals surface area contributed by atoms with Crippen LogP contribution in [-0.4, -0.2) is 24.2 Å². The maximum absolute atomic E-state index is 12.1. The minimum Gasteiger partial charge on any atom is -0.435 e. The molecule has 1 saturated carbocycles. The van der Waals surface area contributed by atoms with Crippen molar-refractivity contribution >= 4 is 11.8 Å². The van der Waals surface area contributed by atoms with Gasteiger partial charge >= 0.3 is 6.61 Å². The fraction of sp³-hybridized carbons (Fsp3) is 0.625. The van der Waals surface area contributed by atoms with Gasteiger partial charge in [0.1, 0.15) is 5.75 Å². The molecule has 0 radical (unpaired) electrons. The van der Waals surface area contributed by atoms with Crippen LogP contribution in [0, 0.1) is 0 Å². The summed E-state index contributed by atoms with van der Waals surface area (Å²) in [5.74, 6) is 0.209. The average molecular weight is 315 g/mol. The van der Waals surface area contributed by atoms with Gasteiger partial charge in [-0.15, -0.1) is 0 Å². The molecule has 0 heterocycles. The molecule has 1 aromatic rings. The molecule has 0 aromatic heterocycles. The zero-order valence-corrected chi connectivity index (χ0v) is 13.3. The van der Waals surface area contributed by atoms with Gasteiger partial charge < -0.3 is 10.1 Å². The summed E-state index contributed by atoms with van der Waals surface area (Å²) in [4.78, 5) is 0. The molecule has 1 aliphatic carbocycles. The number of hydrogen-bond donors (Lipinski definition) is 1. The molecular formula is C16H23F2NOS. The van der Waals surface area contributed by atoms with Crippen LogP contribution < -0.4 is 10.1 Å². The normalized spacial score (nSPS) is 24.0. The lowest BCUT2D eigenvalue weighted by Crippen LogP contribution is -2.36. The highest BCUT2D eigenvalue weighted by Crippen LogP contribution is 2.28. The number of nitrogens with one attached hydrogen (secondary N) is 1. The Morgan fingerprint density at radius 3 is 2.57 bits per heavy atom. The quantitative estimate of drug-likeness (QED) is 0.828. The minimum absolute atomic E-state index is 0.209. The molecule has 1 N–H and O–H groups in total. The smallest absolute Gasteiger partial charge is 0.387 e. The SMILES string of the molecule is CSC1CCCC(NC(C)c2ccc(OC(F)F)cc2)C1. The summed E-state index contributed by atoms with van der Waals surface area (Å²) in [6.07, 6.45) is 7.19. The van der Waals surface area contributed by atoms with Gasteiger partial charge in [-0.25, -0.2) is 0 Å². The molecule has 21 heavy (non-hydrogen) atoms. The molecule has 0 amide bonds. The lowest BCUT2D eigenvalue weighted by atomic mass is 9.93. The van der Waals surface area contributed by atoms with Crippen molar-refractivity contribution in [2.24, 2.45) is 0 Å². The number of hydrogen-bond acceptors (Lipinski definition) is 3. The zero-order chi connectivity index (χ0) is 15.2. The third-order valence-electron chi connectivity index (χ3n) is 4.05. The molecule has 3 unspecified atom stereocenters. The third-order valence-corrected chi connectivity index (χ3v) is 5.15. The fourth-order valence-electron chi connectivity index (χ4n) is 2.90. The van der Waals surface area contributed by atoms with Crippen LogP contribution in [0.5, 0.6) is 5.75 Å². The van der Waals surface area contributed by atoms with Gasteiger partial charge in [0.05, 0.1) is 0 Å². The summed E-state index contributed by atoms with van der Waals surface area (Å²) in [6.45, 7) is -0.650. The Morgan fingerprint density at radius 2 is 1.95 bits per heavy atom. The first-order valence-electron chi connectivity index (χ1n) is 7.42. The standard InChI is InChI=1S/C16H23F2NOS/c1-11(19-13-4-3-5-15(10-13)21-2)12-6-8-14(9-7-12)20-16(17)18/h6-9,11,13,15-16,19H,3-5,10H2,1-2H3. The summed E-state index contributed by atoms with van der Waals surface area (Å²) in [6, 6.07) is 7.67. The van der Waals surface area contributed by atoms with Crippen molar-refractivity contribution in [3.8, 4) is 5.75 Å². The highest BCUT2D eigenvalue weighted by atomic mass is 32.2. The van der Waals surface area contributed by atoms with Crippen molar-refractivity contribution in [1.82, 2.24) is 5.32 Å². The molecule has 1 aromatic carbocycles. The van der Waals surface area contributed by atoms with E-state index in [2.05, 4.69) is 23.2 Å². The number of rotatable bonds is 6. The molecule has 2 nitrogen and oxygen atoms in total. The van der Waals surface area contributed by atoms with E-state index in [0.29, 0.717) is 6.04 Å². The highest BCUT2D eigenvalue weighted by molar-refractivity contribution is 7.99. The summed E-state index contributed by atoms with van der Waals surface area (Å²) in [5.41, 5.74) is 1.10. The monoisotopic (exact) mass is 315 g/mol. The van der Waals surface area contributed by atoms with Crippen LogP contribution in [0.25, 0.3) is 0 Å². The van der Waals surface area contributed by atoms with E-state index in [0.717, 1.165) is 10.8 Å². The molecule has 0 spiro atoms. The summed E-state index contributed by atoms with van der Waals surface area (Å²) < 4.78 is 28.6. The molecule has 0 bridgehead atoms. The van der Waals surface area contributed by atoms with E-state index in [4.69, 9.17) is 0 Å².